The van der Waals surface area contributed by atoms with Crippen LogP contribution in [0.3, 0.4) is 0 Å². The zero-order valence-electron chi connectivity index (χ0n) is 50.9. The van der Waals surface area contributed by atoms with Gasteiger partial charge in [0.2, 0.25) is 12.6 Å². The summed E-state index contributed by atoms with van der Waals surface area (Å²) in [5, 5.41) is 55.0. The predicted molar refractivity (Wildman–Crippen MR) is 290 cm³/mol. The van der Waals surface area contributed by atoms with Gasteiger partial charge in [0, 0.05) is 25.7 Å². The van der Waals surface area contributed by atoms with Crippen molar-refractivity contribution in [3.8, 4) is 0 Å². The molecule has 0 amide bonds. The number of esters is 6. The largest absolute Gasteiger partial charge is 0.459 e. The van der Waals surface area contributed by atoms with Crippen LogP contribution in [0, 0.1) is 34.0 Å². The molecule has 6 N–H and O–H groups in total. The van der Waals surface area contributed by atoms with Gasteiger partial charge in [-0.3, -0.25) is 28.8 Å². The van der Waals surface area contributed by atoms with Crippen LogP contribution in [0.25, 0.3) is 0 Å². The quantitative estimate of drug-likeness (QED) is 0.0808. The lowest BCUT2D eigenvalue weighted by molar-refractivity contribution is -0.180. The van der Waals surface area contributed by atoms with E-state index >= 15 is 0 Å². The van der Waals surface area contributed by atoms with Gasteiger partial charge >= 0.3 is 35.8 Å². The maximum atomic E-state index is 11.6. The second-order valence-corrected chi connectivity index (χ2v) is 23.0. The lowest BCUT2D eigenvalue weighted by Gasteiger charge is -2.23. The Morgan fingerprint density at radius 3 is 1.06 bits per heavy atom. The summed E-state index contributed by atoms with van der Waals surface area (Å²) in [6.07, 6.45) is -0.500. The number of ether oxygens (including phenoxy) is 12. The molecule has 0 spiro atoms. The van der Waals surface area contributed by atoms with Gasteiger partial charge in [-0.05, 0) is 80.1 Å². The van der Waals surface area contributed by atoms with E-state index in [0.29, 0.717) is 52.1 Å². The minimum Gasteiger partial charge on any atom is -0.459 e. The van der Waals surface area contributed by atoms with Crippen LogP contribution in [-0.4, -0.2) is 193 Å². The molecule has 6 aliphatic rings. The molecule has 0 aliphatic carbocycles. The molecule has 6 rings (SSSR count). The summed E-state index contributed by atoms with van der Waals surface area (Å²) in [6.45, 7) is 30.3. The van der Waals surface area contributed by atoms with Crippen LogP contribution in [0.2, 0.25) is 0 Å². The third kappa shape index (κ3) is 28.7. The Bertz CT molecular complexity index is 1760. The summed E-state index contributed by atoms with van der Waals surface area (Å²) >= 11 is 0. The zero-order chi connectivity index (χ0) is 61.8. The van der Waals surface area contributed by atoms with Gasteiger partial charge in [-0.15, -0.1) is 0 Å². The fourth-order valence-electron chi connectivity index (χ4n) is 6.52. The van der Waals surface area contributed by atoms with E-state index in [0.717, 1.165) is 38.5 Å². The van der Waals surface area contributed by atoms with Crippen LogP contribution in [0.4, 0.5) is 0 Å². The van der Waals surface area contributed by atoms with Gasteiger partial charge in [-0.2, -0.15) is 0 Å². The number of carbonyl (C=O) groups is 6. The van der Waals surface area contributed by atoms with Crippen molar-refractivity contribution in [2.24, 2.45) is 34.0 Å². The molecule has 0 aromatic heterocycles. The summed E-state index contributed by atoms with van der Waals surface area (Å²) < 4.78 is 60.5. The standard InChI is InChI=1S/3C10H18O4.3C9H16O4/c1-4-10(2,3)9(12)14-8-6-13-5-7(8)11;1-4-10(2,3)9(12)14-7-5-8(11)13-6-7;1-4-10(2,3)9(12)14-8-5-7(11)6-13-8;1-3-6(2)9(11)13-8-5-12-4-7(8)10;1-3-6(2)9(11)13-7-4-8(10)12-5-7;1-3-6(2)9(11)13-8-4-7(10)5-12-8/h3*7-8,11H,4-6H2,1-3H3;3*6-8,10H,3-5H2,1-2H3. The minimum atomic E-state index is -0.780. The number of rotatable bonds is 18. The van der Waals surface area contributed by atoms with Crippen LogP contribution >= 0.6 is 0 Å². The van der Waals surface area contributed by atoms with Crippen molar-refractivity contribution in [3.05, 3.63) is 0 Å². The van der Waals surface area contributed by atoms with Crippen molar-refractivity contribution in [2.45, 2.75) is 242 Å². The molecule has 6 fully saturated rings. The van der Waals surface area contributed by atoms with Crippen LogP contribution in [-0.2, 0) is 85.6 Å². The maximum absolute atomic E-state index is 11.6. The molecule has 24 heteroatoms. The number of aliphatic hydroxyl groups excluding tert-OH is 6. The highest BCUT2D eigenvalue weighted by Crippen LogP contribution is 2.27. The molecular weight excluding hydrogens is 1070 g/mol. The normalized spacial score (nSPS) is 28.9. The summed E-state index contributed by atoms with van der Waals surface area (Å²) in [5.41, 5.74) is -1.41. The van der Waals surface area contributed by atoms with Crippen LogP contribution < -0.4 is 0 Å². The zero-order valence-corrected chi connectivity index (χ0v) is 50.9. The molecule has 6 saturated heterocycles. The number of carbonyl (C=O) groups excluding carboxylic acids is 6. The second-order valence-electron chi connectivity index (χ2n) is 23.0. The van der Waals surface area contributed by atoms with Gasteiger partial charge in [-0.25, -0.2) is 0 Å². The Labute approximate surface area is 479 Å². The Balaban J connectivity index is 0.000000486. The average molecular weight is 1170 g/mol. The molecule has 15 unspecified atom stereocenters. The Kier molecular flexibility index (Phi) is 35.0. The van der Waals surface area contributed by atoms with E-state index in [1.165, 1.54) is 0 Å². The maximum Gasteiger partial charge on any atom is 0.313 e. The topological polar surface area (TPSA) is 335 Å². The van der Waals surface area contributed by atoms with Crippen molar-refractivity contribution < 1.29 is 116 Å². The SMILES string of the molecule is CCC(C)(C)C(=O)OC1CC(O)CO1.CCC(C)(C)C(=O)OC1COC(O)C1.CCC(C)(C)C(=O)OC1COCC1O.CCC(C)C(=O)OC1CC(O)CO1.CCC(C)C(=O)OC1COC(O)C1.CCC(C)C(=O)OC1COCC1O. The summed E-state index contributed by atoms with van der Waals surface area (Å²) in [4.78, 5) is 68.6. The first-order chi connectivity index (χ1) is 37.8. The van der Waals surface area contributed by atoms with Gasteiger partial charge in [0.25, 0.3) is 0 Å². The molecular formula is C57H102O24. The fourth-order valence-corrected chi connectivity index (χ4v) is 6.52. The predicted octanol–water partition coefficient (Wildman–Crippen LogP) is 4.57. The Morgan fingerprint density at radius 2 is 0.741 bits per heavy atom. The van der Waals surface area contributed by atoms with E-state index in [1.807, 2.05) is 104 Å². The van der Waals surface area contributed by atoms with E-state index in [-0.39, 0.29) is 92.2 Å². The molecule has 24 nitrogen and oxygen atoms in total. The molecule has 15 atom stereocenters. The second kappa shape index (κ2) is 37.6. The van der Waals surface area contributed by atoms with Crippen molar-refractivity contribution in [2.75, 3.05) is 52.9 Å². The van der Waals surface area contributed by atoms with E-state index < -0.39 is 78.0 Å². The van der Waals surface area contributed by atoms with E-state index in [4.69, 9.17) is 77.3 Å². The smallest absolute Gasteiger partial charge is 0.313 e. The van der Waals surface area contributed by atoms with Crippen LogP contribution in [0.1, 0.15) is 168 Å². The van der Waals surface area contributed by atoms with Crippen molar-refractivity contribution in [3.63, 3.8) is 0 Å². The van der Waals surface area contributed by atoms with Gasteiger partial charge in [-0.1, -0.05) is 62.3 Å². The molecule has 0 bridgehead atoms. The van der Waals surface area contributed by atoms with Crippen molar-refractivity contribution in [1.29, 1.82) is 0 Å². The number of aliphatic hydroxyl groups is 6. The van der Waals surface area contributed by atoms with Crippen molar-refractivity contribution in [1.82, 2.24) is 0 Å². The van der Waals surface area contributed by atoms with Gasteiger partial charge in [0.05, 0.1) is 99.1 Å². The summed E-state index contributed by atoms with van der Waals surface area (Å²) in [7, 11) is 0. The Morgan fingerprint density at radius 1 is 0.407 bits per heavy atom. The molecule has 81 heavy (non-hydrogen) atoms. The van der Waals surface area contributed by atoms with Gasteiger partial charge < -0.3 is 87.5 Å². The highest BCUT2D eigenvalue weighted by atomic mass is 16.7. The molecule has 0 radical (unpaired) electrons. The molecule has 6 heterocycles. The fraction of sp³-hybridized carbons (Fsp3) is 0.895. The third-order valence-corrected chi connectivity index (χ3v) is 14.7. The number of hydrogen-bond donors (Lipinski definition) is 6. The van der Waals surface area contributed by atoms with Crippen LogP contribution in [0.15, 0.2) is 0 Å². The average Bonchev–Trinajstić information content (AvgIpc) is 4.33. The van der Waals surface area contributed by atoms with Crippen molar-refractivity contribution >= 4 is 35.8 Å². The van der Waals surface area contributed by atoms with E-state index in [2.05, 4.69) is 0 Å². The highest BCUT2D eigenvalue weighted by Gasteiger charge is 2.37. The highest BCUT2D eigenvalue weighted by molar-refractivity contribution is 5.77. The molecule has 0 saturated carbocycles. The molecule has 0 aromatic carbocycles. The molecule has 6 aliphatic heterocycles. The monoisotopic (exact) mass is 1170 g/mol. The first-order valence-corrected chi connectivity index (χ1v) is 28.7. The van der Waals surface area contributed by atoms with Gasteiger partial charge in [0.15, 0.2) is 24.8 Å². The lowest BCUT2D eigenvalue weighted by Crippen LogP contribution is -2.35. The van der Waals surface area contributed by atoms with E-state index in [1.54, 1.807) is 0 Å². The first-order valence-electron chi connectivity index (χ1n) is 28.7. The number of hydrogen-bond acceptors (Lipinski definition) is 24. The molecule has 0 aromatic rings. The van der Waals surface area contributed by atoms with Gasteiger partial charge in [0.1, 0.15) is 24.4 Å². The summed E-state index contributed by atoms with van der Waals surface area (Å²) in [6, 6.07) is 0. The third-order valence-electron chi connectivity index (χ3n) is 14.7. The van der Waals surface area contributed by atoms with E-state index in [9.17, 15) is 39.0 Å². The lowest BCUT2D eigenvalue weighted by atomic mass is 9.90. The summed E-state index contributed by atoms with van der Waals surface area (Å²) in [5.74, 6) is -1.73. The minimum absolute atomic E-state index is 0.0715. The first kappa shape index (κ1) is 75.4. The van der Waals surface area contributed by atoms with Crippen LogP contribution in [0.5, 0.6) is 0 Å². The molecule has 474 valence electrons. The Hall–Kier alpha value is -3.66.